The van der Waals surface area contributed by atoms with E-state index < -0.39 is 0 Å². The van der Waals surface area contributed by atoms with Gasteiger partial charge in [0.25, 0.3) is 0 Å². The minimum atomic E-state index is 0.369. The van der Waals surface area contributed by atoms with E-state index in [-0.39, 0.29) is 0 Å². The lowest BCUT2D eigenvalue weighted by Crippen LogP contribution is -2.57. The van der Waals surface area contributed by atoms with Gasteiger partial charge in [0, 0.05) is 23.0 Å². The molecule has 0 aliphatic heterocycles. The van der Waals surface area contributed by atoms with Gasteiger partial charge in [0.1, 0.15) is 0 Å². The highest BCUT2D eigenvalue weighted by Crippen LogP contribution is 2.64. The Kier molecular flexibility index (Phi) is 2.72. The summed E-state index contributed by atoms with van der Waals surface area (Å²) in [4.78, 5) is 0. The number of rotatable bonds is 4. The van der Waals surface area contributed by atoms with Crippen molar-refractivity contribution in [1.82, 2.24) is 5.32 Å². The van der Waals surface area contributed by atoms with Crippen molar-refractivity contribution < 1.29 is 0 Å². The molecule has 3 aliphatic rings. The van der Waals surface area contributed by atoms with Gasteiger partial charge >= 0.3 is 0 Å². The highest BCUT2D eigenvalue weighted by molar-refractivity contribution is 6.30. The molecule has 3 fully saturated rings. The van der Waals surface area contributed by atoms with Crippen LogP contribution in [0.5, 0.6) is 0 Å². The van der Waals surface area contributed by atoms with Gasteiger partial charge in [-0.25, -0.2) is 0 Å². The fraction of sp³-hybridized carbons (Fsp3) is 0.647. The fourth-order valence-corrected chi connectivity index (χ4v) is 4.48. The Morgan fingerprint density at radius 3 is 2.58 bits per heavy atom. The summed E-state index contributed by atoms with van der Waals surface area (Å²) in [5, 5.41) is 4.65. The smallest absolute Gasteiger partial charge is 0.0408 e. The monoisotopic (exact) mass is 275 g/mol. The van der Waals surface area contributed by atoms with E-state index in [9.17, 15) is 0 Å². The lowest BCUT2D eigenvalue weighted by Gasteiger charge is -2.62. The molecule has 0 unspecified atom stereocenters. The van der Waals surface area contributed by atoms with Crippen LogP contribution < -0.4 is 5.32 Å². The van der Waals surface area contributed by atoms with Gasteiger partial charge in [-0.3, -0.25) is 0 Å². The van der Waals surface area contributed by atoms with Crippen LogP contribution in [0.4, 0.5) is 0 Å². The predicted octanol–water partition coefficient (Wildman–Crippen LogP) is 4.29. The lowest BCUT2D eigenvalue weighted by molar-refractivity contribution is -0.0484. The topological polar surface area (TPSA) is 12.0 Å². The molecule has 0 amide bonds. The maximum Gasteiger partial charge on any atom is 0.0408 e. The van der Waals surface area contributed by atoms with Crippen molar-refractivity contribution in [3.8, 4) is 0 Å². The van der Waals surface area contributed by atoms with Crippen molar-refractivity contribution in [3.63, 3.8) is 0 Å². The number of hydrogen-bond acceptors (Lipinski definition) is 1. The molecule has 1 aromatic rings. The molecule has 1 spiro atoms. The Balaban J connectivity index is 1.56. The maximum absolute atomic E-state index is 6.21. The van der Waals surface area contributed by atoms with Gasteiger partial charge in [-0.1, -0.05) is 30.2 Å². The lowest BCUT2D eigenvalue weighted by atomic mass is 9.43. The molecular weight excluding hydrogens is 254 g/mol. The molecule has 0 atom stereocenters. The van der Waals surface area contributed by atoms with E-state index in [1.165, 1.54) is 50.5 Å². The Morgan fingerprint density at radius 2 is 2.00 bits per heavy atom. The van der Waals surface area contributed by atoms with Gasteiger partial charge in [-0.15, -0.1) is 0 Å². The molecule has 0 heterocycles. The predicted molar refractivity (Wildman–Crippen MR) is 79.7 cm³/mol. The van der Waals surface area contributed by atoms with Crippen molar-refractivity contribution in [2.45, 2.75) is 56.4 Å². The normalized spacial score (nSPS) is 26.8. The van der Waals surface area contributed by atoms with Gasteiger partial charge in [-0.05, 0) is 61.6 Å². The van der Waals surface area contributed by atoms with E-state index in [1.807, 2.05) is 6.07 Å². The van der Waals surface area contributed by atoms with E-state index in [0.717, 1.165) is 17.6 Å². The molecule has 0 radical (unpaired) electrons. The van der Waals surface area contributed by atoms with Crippen LogP contribution in [0, 0.1) is 5.41 Å². The Labute approximate surface area is 120 Å². The van der Waals surface area contributed by atoms with Gasteiger partial charge in [-0.2, -0.15) is 0 Å². The van der Waals surface area contributed by atoms with Crippen LogP contribution in [0.1, 0.15) is 50.5 Å². The highest BCUT2D eigenvalue weighted by Gasteiger charge is 2.57. The minimum Gasteiger partial charge on any atom is -0.313 e. The number of hydrogen-bond donors (Lipinski definition) is 1. The quantitative estimate of drug-likeness (QED) is 0.864. The first kappa shape index (κ1) is 12.2. The van der Waals surface area contributed by atoms with Gasteiger partial charge < -0.3 is 5.32 Å². The Morgan fingerprint density at radius 1 is 1.21 bits per heavy atom. The summed E-state index contributed by atoms with van der Waals surface area (Å²) >= 11 is 6.21. The van der Waals surface area contributed by atoms with E-state index in [1.54, 1.807) is 0 Å². The summed E-state index contributed by atoms with van der Waals surface area (Å²) in [5.74, 6) is 0. The summed E-state index contributed by atoms with van der Waals surface area (Å²) in [6.07, 6.45) is 9.85. The third kappa shape index (κ3) is 2.11. The van der Waals surface area contributed by atoms with Gasteiger partial charge in [0.05, 0.1) is 0 Å². The van der Waals surface area contributed by atoms with Crippen LogP contribution in [0.2, 0.25) is 5.02 Å². The molecule has 1 aromatic carbocycles. The largest absolute Gasteiger partial charge is 0.313 e. The van der Waals surface area contributed by atoms with Crippen LogP contribution in [0.15, 0.2) is 24.3 Å². The molecule has 4 rings (SSSR count). The maximum atomic E-state index is 6.21. The van der Waals surface area contributed by atoms with E-state index in [2.05, 4.69) is 23.5 Å². The van der Waals surface area contributed by atoms with Gasteiger partial charge in [0.15, 0.2) is 0 Å². The molecule has 0 aromatic heterocycles. The van der Waals surface area contributed by atoms with E-state index >= 15 is 0 Å². The van der Waals surface area contributed by atoms with Crippen LogP contribution in [0.3, 0.4) is 0 Å². The van der Waals surface area contributed by atoms with Crippen LogP contribution in [-0.2, 0) is 5.41 Å². The van der Waals surface area contributed by atoms with Crippen molar-refractivity contribution >= 4 is 11.6 Å². The summed E-state index contributed by atoms with van der Waals surface area (Å²) in [5.41, 5.74) is 2.53. The minimum absolute atomic E-state index is 0.369. The standard InChI is InChI=1S/C17H22ClN/c18-14-4-1-3-13(9-14)17(12-19-15-5-6-15)10-16(11-17)7-2-8-16/h1,3-4,9,15,19H,2,5-8,10-12H2. The third-order valence-corrected chi connectivity index (χ3v) is 5.82. The Bertz CT molecular complexity index is 480. The van der Waals surface area contributed by atoms with Crippen LogP contribution in [0.25, 0.3) is 0 Å². The summed E-state index contributed by atoms with van der Waals surface area (Å²) in [7, 11) is 0. The molecule has 19 heavy (non-hydrogen) atoms. The molecular formula is C17H22ClN. The second kappa shape index (κ2) is 4.23. The molecule has 0 saturated heterocycles. The molecule has 2 heteroatoms. The molecule has 3 aliphatic carbocycles. The molecule has 1 nitrogen and oxygen atoms in total. The van der Waals surface area contributed by atoms with Crippen molar-refractivity contribution in [2.24, 2.45) is 5.41 Å². The highest BCUT2D eigenvalue weighted by atomic mass is 35.5. The third-order valence-electron chi connectivity index (χ3n) is 5.58. The average molecular weight is 276 g/mol. The average Bonchev–Trinajstić information content (AvgIpc) is 3.09. The first-order valence-corrected chi connectivity index (χ1v) is 8.07. The van der Waals surface area contributed by atoms with Crippen molar-refractivity contribution in [1.29, 1.82) is 0 Å². The van der Waals surface area contributed by atoms with E-state index in [0.29, 0.717) is 10.8 Å². The molecule has 1 N–H and O–H groups in total. The summed E-state index contributed by atoms with van der Waals surface area (Å²) < 4.78 is 0. The molecule has 102 valence electrons. The number of halogens is 1. The zero-order chi connectivity index (χ0) is 12.9. The Hall–Kier alpha value is -0.530. The fourth-order valence-electron chi connectivity index (χ4n) is 4.29. The van der Waals surface area contributed by atoms with Crippen molar-refractivity contribution in [3.05, 3.63) is 34.9 Å². The van der Waals surface area contributed by atoms with E-state index in [4.69, 9.17) is 11.6 Å². The van der Waals surface area contributed by atoms with Gasteiger partial charge in [0.2, 0.25) is 0 Å². The molecule has 3 saturated carbocycles. The van der Waals surface area contributed by atoms with Crippen molar-refractivity contribution in [2.75, 3.05) is 6.54 Å². The number of nitrogens with one attached hydrogen (secondary N) is 1. The second-order valence-electron chi connectivity index (χ2n) is 7.15. The SMILES string of the molecule is Clc1cccc(C2(CNC3CC3)CC3(CCC3)C2)c1. The second-order valence-corrected chi connectivity index (χ2v) is 7.59. The summed E-state index contributed by atoms with van der Waals surface area (Å²) in [6.45, 7) is 1.15. The first-order chi connectivity index (χ1) is 9.20. The number of benzene rings is 1. The zero-order valence-corrected chi connectivity index (χ0v) is 12.2. The zero-order valence-electron chi connectivity index (χ0n) is 11.4. The van der Waals surface area contributed by atoms with Crippen LogP contribution in [-0.4, -0.2) is 12.6 Å². The van der Waals surface area contributed by atoms with Crippen LogP contribution >= 0.6 is 11.6 Å². The summed E-state index contributed by atoms with van der Waals surface area (Å²) in [6, 6.07) is 9.38. The molecule has 0 bridgehead atoms. The first-order valence-electron chi connectivity index (χ1n) is 7.69.